The molecule has 0 aliphatic carbocycles. The summed E-state index contributed by atoms with van der Waals surface area (Å²) in [4.78, 5) is 0. The molecular formula is C5H11F2N. The van der Waals surface area contributed by atoms with Crippen LogP contribution in [0.2, 0.25) is 0 Å². The normalized spacial score (nSPS) is 16.1. The van der Waals surface area contributed by atoms with Gasteiger partial charge in [0.1, 0.15) is 0 Å². The van der Waals surface area contributed by atoms with Gasteiger partial charge in [0.15, 0.2) is 0 Å². The molecule has 1 atom stereocenters. The highest BCUT2D eigenvalue weighted by molar-refractivity contribution is 4.67. The Morgan fingerprint density at radius 2 is 2.00 bits per heavy atom. The van der Waals surface area contributed by atoms with Crippen molar-refractivity contribution in [1.82, 2.24) is 0 Å². The molecule has 0 fully saturated rings. The van der Waals surface area contributed by atoms with Gasteiger partial charge in [0.2, 0.25) is 5.92 Å². The summed E-state index contributed by atoms with van der Waals surface area (Å²) in [5, 5.41) is 0. The number of alkyl halides is 2. The first-order chi connectivity index (χ1) is 3.48. The van der Waals surface area contributed by atoms with Crippen molar-refractivity contribution in [3.8, 4) is 0 Å². The average molecular weight is 123 g/mol. The lowest BCUT2D eigenvalue weighted by Crippen LogP contribution is -2.28. The van der Waals surface area contributed by atoms with E-state index in [1.807, 2.05) is 0 Å². The zero-order valence-corrected chi connectivity index (χ0v) is 5.12. The van der Waals surface area contributed by atoms with E-state index in [9.17, 15) is 8.78 Å². The van der Waals surface area contributed by atoms with E-state index in [0.717, 1.165) is 6.92 Å². The van der Waals surface area contributed by atoms with Crippen molar-refractivity contribution in [2.45, 2.75) is 19.8 Å². The van der Waals surface area contributed by atoms with Crippen molar-refractivity contribution >= 4 is 0 Å². The Morgan fingerprint density at radius 1 is 1.62 bits per heavy atom. The summed E-state index contributed by atoms with van der Waals surface area (Å²) in [7, 11) is 0. The third kappa shape index (κ3) is 2.21. The van der Waals surface area contributed by atoms with Gasteiger partial charge in [-0.15, -0.1) is 0 Å². The minimum atomic E-state index is -2.62. The van der Waals surface area contributed by atoms with Gasteiger partial charge in [0, 0.05) is 12.5 Å². The van der Waals surface area contributed by atoms with Crippen molar-refractivity contribution in [3.05, 3.63) is 0 Å². The average Bonchev–Trinajstić information content (AvgIpc) is 1.62. The quantitative estimate of drug-likeness (QED) is 0.587. The maximum atomic E-state index is 12.0. The number of hydrogen-bond donors (Lipinski definition) is 1. The summed E-state index contributed by atoms with van der Waals surface area (Å²) >= 11 is 0. The highest BCUT2D eigenvalue weighted by atomic mass is 19.3. The van der Waals surface area contributed by atoms with E-state index in [2.05, 4.69) is 0 Å². The van der Waals surface area contributed by atoms with Crippen LogP contribution >= 0.6 is 0 Å². The summed E-state index contributed by atoms with van der Waals surface area (Å²) in [6.45, 7) is 2.36. The molecule has 50 valence electrons. The minimum Gasteiger partial charge on any atom is -0.330 e. The van der Waals surface area contributed by atoms with Crippen LogP contribution in [-0.4, -0.2) is 12.5 Å². The number of nitrogens with two attached hydrogens (primary N) is 1. The van der Waals surface area contributed by atoms with E-state index in [-0.39, 0.29) is 6.54 Å². The van der Waals surface area contributed by atoms with Crippen LogP contribution < -0.4 is 5.73 Å². The Bertz CT molecular complexity index is 67.3. The third-order valence-electron chi connectivity index (χ3n) is 1.22. The standard InChI is InChI=1S/C5H11F2N/c1-4(3-8)5(2,6)7/h4H,3,8H2,1-2H3. The van der Waals surface area contributed by atoms with Gasteiger partial charge in [-0.2, -0.15) is 0 Å². The second-order valence-electron chi connectivity index (χ2n) is 2.09. The van der Waals surface area contributed by atoms with Crippen LogP contribution in [-0.2, 0) is 0 Å². The lowest BCUT2D eigenvalue weighted by atomic mass is 10.1. The smallest absolute Gasteiger partial charge is 0.249 e. The third-order valence-corrected chi connectivity index (χ3v) is 1.22. The summed E-state index contributed by atoms with van der Waals surface area (Å²) in [5.41, 5.74) is 4.98. The molecule has 0 radical (unpaired) electrons. The van der Waals surface area contributed by atoms with Gasteiger partial charge in [0.25, 0.3) is 0 Å². The summed E-state index contributed by atoms with van der Waals surface area (Å²) in [5.74, 6) is -3.32. The van der Waals surface area contributed by atoms with Crippen LogP contribution in [0.15, 0.2) is 0 Å². The van der Waals surface area contributed by atoms with Crippen LogP contribution in [0.4, 0.5) is 8.78 Å². The summed E-state index contributed by atoms with van der Waals surface area (Å²) in [6, 6.07) is 0. The van der Waals surface area contributed by atoms with Crippen LogP contribution in [0.25, 0.3) is 0 Å². The minimum absolute atomic E-state index is 0.0451. The van der Waals surface area contributed by atoms with Crippen molar-refractivity contribution in [3.63, 3.8) is 0 Å². The molecule has 8 heavy (non-hydrogen) atoms. The SMILES string of the molecule is CC(CN)C(C)(F)F. The Hall–Kier alpha value is -0.180. The zero-order valence-electron chi connectivity index (χ0n) is 5.12. The van der Waals surface area contributed by atoms with E-state index < -0.39 is 11.8 Å². The Labute approximate surface area is 47.9 Å². The highest BCUT2D eigenvalue weighted by Gasteiger charge is 2.28. The van der Waals surface area contributed by atoms with E-state index in [4.69, 9.17) is 5.73 Å². The first-order valence-electron chi connectivity index (χ1n) is 2.56. The van der Waals surface area contributed by atoms with Gasteiger partial charge in [0.05, 0.1) is 0 Å². The molecule has 1 nitrogen and oxygen atoms in total. The fourth-order valence-electron chi connectivity index (χ4n) is 0.207. The molecule has 0 aromatic rings. The van der Waals surface area contributed by atoms with Crippen molar-refractivity contribution < 1.29 is 8.78 Å². The van der Waals surface area contributed by atoms with Gasteiger partial charge in [-0.3, -0.25) is 0 Å². The predicted octanol–water partition coefficient (Wildman–Crippen LogP) is 1.24. The Kier molecular flexibility index (Phi) is 2.34. The molecule has 0 aliphatic heterocycles. The number of rotatable bonds is 2. The van der Waals surface area contributed by atoms with Gasteiger partial charge in [-0.1, -0.05) is 6.92 Å². The van der Waals surface area contributed by atoms with Crippen LogP contribution in [0.5, 0.6) is 0 Å². The van der Waals surface area contributed by atoms with Crippen LogP contribution in [0.3, 0.4) is 0 Å². The van der Waals surface area contributed by atoms with Gasteiger partial charge in [-0.25, -0.2) is 8.78 Å². The molecule has 0 bridgehead atoms. The first-order valence-corrected chi connectivity index (χ1v) is 2.56. The maximum absolute atomic E-state index is 12.0. The first kappa shape index (κ1) is 7.82. The van der Waals surface area contributed by atoms with E-state index >= 15 is 0 Å². The summed E-state index contributed by atoms with van der Waals surface area (Å²) in [6.07, 6.45) is 0. The maximum Gasteiger partial charge on any atom is 0.249 e. The second-order valence-corrected chi connectivity index (χ2v) is 2.09. The fourth-order valence-corrected chi connectivity index (χ4v) is 0.207. The monoisotopic (exact) mass is 123 g/mol. The van der Waals surface area contributed by atoms with E-state index in [1.165, 1.54) is 6.92 Å². The highest BCUT2D eigenvalue weighted by Crippen LogP contribution is 2.21. The van der Waals surface area contributed by atoms with Crippen molar-refractivity contribution in [1.29, 1.82) is 0 Å². The number of hydrogen-bond acceptors (Lipinski definition) is 1. The summed E-state index contributed by atoms with van der Waals surface area (Å²) < 4.78 is 24.1. The topological polar surface area (TPSA) is 26.0 Å². The molecule has 0 aromatic carbocycles. The molecule has 0 heterocycles. The molecule has 3 heteroatoms. The molecule has 0 aliphatic rings. The molecule has 2 N–H and O–H groups in total. The molecule has 0 saturated carbocycles. The molecule has 0 spiro atoms. The zero-order chi connectivity index (χ0) is 6.78. The molecule has 0 aromatic heterocycles. The van der Waals surface area contributed by atoms with Gasteiger partial charge >= 0.3 is 0 Å². The lowest BCUT2D eigenvalue weighted by Gasteiger charge is -2.16. The largest absolute Gasteiger partial charge is 0.330 e. The van der Waals surface area contributed by atoms with Gasteiger partial charge in [-0.05, 0) is 6.92 Å². The second kappa shape index (κ2) is 2.40. The number of halogens is 2. The Balaban J connectivity index is 3.62. The molecule has 0 amide bonds. The molecule has 0 rings (SSSR count). The lowest BCUT2D eigenvalue weighted by molar-refractivity contribution is -0.0286. The van der Waals surface area contributed by atoms with Gasteiger partial charge < -0.3 is 5.73 Å². The van der Waals surface area contributed by atoms with E-state index in [0.29, 0.717) is 0 Å². The molecular weight excluding hydrogens is 112 g/mol. The predicted molar refractivity (Wildman–Crippen MR) is 28.8 cm³/mol. The Morgan fingerprint density at radius 3 is 2.00 bits per heavy atom. The van der Waals surface area contributed by atoms with Crippen LogP contribution in [0.1, 0.15) is 13.8 Å². The van der Waals surface area contributed by atoms with Crippen molar-refractivity contribution in [2.24, 2.45) is 11.7 Å². The van der Waals surface area contributed by atoms with Crippen LogP contribution in [0, 0.1) is 5.92 Å². The fraction of sp³-hybridized carbons (Fsp3) is 1.00. The molecule has 1 unspecified atom stereocenters. The van der Waals surface area contributed by atoms with E-state index in [1.54, 1.807) is 0 Å². The van der Waals surface area contributed by atoms with Crippen molar-refractivity contribution in [2.75, 3.05) is 6.54 Å². The molecule has 0 saturated heterocycles.